The number of methoxy groups -OCH3 is 1. The first kappa shape index (κ1) is 31.6. The third kappa shape index (κ3) is 7.43. The fraction of sp³-hybridized carbons (Fsp3) is 0.719. The minimum absolute atomic E-state index is 0.0181. The Morgan fingerprint density at radius 3 is 2.00 bits per heavy atom. The number of carbonyl (C=O) groups is 1. The molecule has 11 atom stereocenters. The van der Waals surface area contributed by atoms with Crippen LogP contribution in [0.2, 0.25) is 0 Å². The second-order valence-corrected chi connectivity index (χ2v) is 12.4. The monoisotopic (exact) mass is 546 g/mol. The van der Waals surface area contributed by atoms with E-state index in [-0.39, 0.29) is 42.0 Å². The van der Waals surface area contributed by atoms with E-state index in [1.807, 2.05) is 51.1 Å². The quantitative estimate of drug-likeness (QED) is 0.303. The Morgan fingerprint density at radius 2 is 1.46 bits per heavy atom. The lowest BCUT2D eigenvalue weighted by Crippen LogP contribution is -2.55. The molecular weight excluding hydrogens is 496 g/mol. The van der Waals surface area contributed by atoms with Gasteiger partial charge in [-0.15, -0.1) is 6.58 Å². The predicted molar refractivity (Wildman–Crippen MR) is 151 cm³/mol. The van der Waals surface area contributed by atoms with Crippen LogP contribution in [0.4, 0.5) is 0 Å². The van der Waals surface area contributed by atoms with Gasteiger partial charge in [-0.3, -0.25) is 4.79 Å². The molecule has 2 heterocycles. The van der Waals surface area contributed by atoms with Crippen molar-refractivity contribution < 1.29 is 33.6 Å². The molecule has 0 aromatic heterocycles. The van der Waals surface area contributed by atoms with Crippen LogP contribution < -0.4 is 4.74 Å². The Morgan fingerprint density at radius 1 is 0.949 bits per heavy atom. The first-order chi connectivity index (χ1) is 18.3. The second-order valence-electron chi connectivity index (χ2n) is 12.4. The lowest BCUT2D eigenvalue weighted by Gasteiger charge is -2.49. The number of rotatable bonds is 11. The maximum atomic E-state index is 11.8. The molecule has 2 aliphatic heterocycles. The average molecular weight is 547 g/mol. The normalized spacial score (nSPS) is 33.9. The van der Waals surface area contributed by atoms with E-state index in [0.717, 1.165) is 24.2 Å². The van der Waals surface area contributed by atoms with Crippen LogP contribution in [0.1, 0.15) is 80.1 Å². The molecule has 2 aliphatic rings. The highest BCUT2D eigenvalue weighted by molar-refractivity contribution is 5.70. The number of hydrogen-bond acceptors (Lipinski definition) is 6. The molecule has 39 heavy (non-hydrogen) atoms. The highest BCUT2D eigenvalue weighted by atomic mass is 16.7. The van der Waals surface area contributed by atoms with Crippen molar-refractivity contribution >= 4 is 5.97 Å². The van der Waals surface area contributed by atoms with Gasteiger partial charge in [-0.1, -0.05) is 52.8 Å². The number of benzene rings is 1. The van der Waals surface area contributed by atoms with Crippen molar-refractivity contribution in [3.63, 3.8) is 0 Å². The molecule has 3 rings (SSSR count). The number of aliphatic carboxylic acids is 1. The fourth-order valence-electron chi connectivity index (χ4n) is 6.64. The fourth-order valence-corrected chi connectivity index (χ4v) is 6.64. The van der Waals surface area contributed by atoms with Gasteiger partial charge in [-0.2, -0.15) is 0 Å². The number of carboxylic acid groups (broad SMARTS) is 1. The number of ether oxygens (including phenoxy) is 5. The molecule has 1 N–H and O–H groups in total. The third-order valence-corrected chi connectivity index (χ3v) is 8.71. The molecule has 0 radical (unpaired) electrons. The van der Waals surface area contributed by atoms with E-state index in [1.54, 1.807) is 14.0 Å². The SMILES string of the molecule is C=CC[C@H](C)[C@@H]1OC(c2ccc(OC)cc2)O[C@@H]([C@H](C)C[C@H](C)[C@@H]2OC(C)(C)O[C@H]([C@@H](C)C(=O)O)[C@@H]2C)[C@@H]1C. The van der Waals surface area contributed by atoms with E-state index < -0.39 is 30.1 Å². The van der Waals surface area contributed by atoms with Crippen LogP contribution in [0.25, 0.3) is 0 Å². The predicted octanol–water partition coefficient (Wildman–Crippen LogP) is 6.87. The molecule has 1 unspecified atom stereocenters. The van der Waals surface area contributed by atoms with E-state index >= 15 is 0 Å². The van der Waals surface area contributed by atoms with Crippen LogP contribution in [0, 0.1) is 35.5 Å². The van der Waals surface area contributed by atoms with E-state index in [0.29, 0.717) is 5.92 Å². The third-order valence-electron chi connectivity index (χ3n) is 8.71. The topological polar surface area (TPSA) is 83.5 Å². The zero-order valence-electron chi connectivity index (χ0n) is 25.3. The Hall–Kier alpha value is -1.93. The molecule has 0 spiro atoms. The Kier molecular flexibility index (Phi) is 10.7. The average Bonchev–Trinajstić information content (AvgIpc) is 2.89. The first-order valence-corrected chi connectivity index (χ1v) is 14.4. The zero-order valence-corrected chi connectivity index (χ0v) is 25.3. The second kappa shape index (κ2) is 13.2. The van der Waals surface area contributed by atoms with Crippen LogP contribution in [-0.2, 0) is 23.7 Å². The Labute approximate surface area is 235 Å². The molecule has 1 aromatic rings. The van der Waals surface area contributed by atoms with E-state index in [9.17, 15) is 9.90 Å². The summed E-state index contributed by atoms with van der Waals surface area (Å²) in [5.74, 6) is -0.721. The van der Waals surface area contributed by atoms with Crippen LogP contribution >= 0.6 is 0 Å². The summed E-state index contributed by atoms with van der Waals surface area (Å²) >= 11 is 0. The van der Waals surface area contributed by atoms with Crippen molar-refractivity contribution in [2.24, 2.45) is 35.5 Å². The summed E-state index contributed by atoms with van der Waals surface area (Å²) in [5, 5.41) is 9.69. The molecule has 7 heteroatoms. The summed E-state index contributed by atoms with van der Waals surface area (Å²) in [4.78, 5) is 11.8. The van der Waals surface area contributed by atoms with Crippen molar-refractivity contribution in [1.82, 2.24) is 0 Å². The van der Waals surface area contributed by atoms with Gasteiger partial charge in [-0.05, 0) is 63.5 Å². The summed E-state index contributed by atoms with van der Waals surface area (Å²) < 4.78 is 31.1. The van der Waals surface area contributed by atoms with Gasteiger partial charge in [-0.25, -0.2) is 0 Å². The van der Waals surface area contributed by atoms with Gasteiger partial charge in [0, 0.05) is 17.4 Å². The maximum Gasteiger partial charge on any atom is 0.308 e. The molecule has 7 nitrogen and oxygen atoms in total. The number of carboxylic acids is 1. The molecule has 0 saturated carbocycles. The van der Waals surface area contributed by atoms with Crippen molar-refractivity contribution in [3.05, 3.63) is 42.5 Å². The van der Waals surface area contributed by atoms with Crippen molar-refractivity contribution in [3.8, 4) is 5.75 Å². The lowest BCUT2D eigenvalue weighted by molar-refractivity contribution is -0.334. The summed E-state index contributed by atoms with van der Waals surface area (Å²) in [6, 6.07) is 7.87. The lowest BCUT2D eigenvalue weighted by atomic mass is 9.76. The van der Waals surface area contributed by atoms with Crippen molar-refractivity contribution in [1.29, 1.82) is 0 Å². The van der Waals surface area contributed by atoms with E-state index in [1.165, 1.54) is 0 Å². The minimum atomic E-state index is -0.851. The smallest absolute Gasteiger partial charge is 0.308 e. The highest BCUT2D eigenvalue weighted by Crippen LogP contribution is 2.43. The summed E-state index contributed by atoms with van der Waals surface area (Å²) in [6.45, 7) is 20.3. The molecule has 2 fully saturated rings. The number of hydrogen-bond donors (Lipinski definition) is 1. The highest BCUT2D eigenvalue weighted by Gasteiger charge is 2.48. The van der Waals surface area contributed by atoms with Crippen molar-refractivity contribution in [2.45, 2.75) is 105 Å². The number of allylic oxidation sites excluding steroid dienone is 1. The Bertz CT molecular complexity index is 944. The van der Waals surface area contributed by atoms with E-state index in [4.69, 9.17) is 23.7 Å². The van der Waals surface area contributed by atoms with Crippen molar-refractivity contribution in [2.75, 3.05) is 7.11 Å². The van der Waals surface area contributed by atoms with Crippen LogP contribution in [0.3, 0.4) is 0 Å². The first-order valence-electron chi connectivity index (χ1n) is 14.4. The van der Waals surface area contributed by atoms with Crippen LogP contribution in [0.15, 0.2) is 36.9 Å². The van der Waals surface area contributed by atoms with Crippen LogP contribution in [-0.4, -0.2) is 48.4 Å². The van der Waals surface area contributed by atoms with Gasteiger partial charge in [0.05, 0.1) is 37.4 Å². The largest absolute Gasteiger partial charge is 0.497 e. The molecule has 1 aromatic carbocycles. The molecule has 220 valence electrons. The van der Waals surface area contributed by atoms with Gasteiger partial charge in [0.15, 0.2) is 12.1 Å². The van der Waals surface area contributed by atoms with Gasteiger partial charge < -0.3 is 28.8 Å². The zero-order chi connectivity index (χ0) is 29.1. The van der Waals surface area contributed by atoms with Gasteiger partial charge in [0.25, 0.3) is 0 Å². The standard InChI is InChI=1S/C32H50O7/c1-11-12-18(2)26-21(5)27(37-31(36-26)24-13-15-25(35-10)16-14-24)19(3)17-20(4)28-22(6)29(23(7)30(33)34)39-32(8,9)38-28/h11,13-16,18-23,26-29,31H,1,12,17H2,2-10H3,(H,33,34)/t18-,19+,20-,21+,22+,23+,26-,27-,28-,29-,31?/m0/s1. The van der Waals surface area contributed by atoms with Crippen LogP contribution in [0.5, 0.6) is 5.75 Å². The van der Waals surface area contributed by atoms with Gasteiger partial charge in [0.1, 0.15) is 5.75 Å². The maximum absolute atomic E-state index is 11.8. The summed E-state index contributed by atoms with van der Waals surface area (Å²) in [6.07, 6.45) is 2.66. The minimum Gasteiger partial charge on any atom is -0.497 e. The molecule has 2 saturated heterocycles. The summed E-state index contributed by atoms with van der Waals surface area (Å²) in [7, 11) is 1.66. The Balaban J connectivity index is 1.81. The summed E-state index contributed by atoms with van der Waals surface area (Å²) in [5.41, 5.74) is 0.970. The van der Waals surface area contributed by atoms with Gasteiger partial charge in [0.2, 0.25) is 0 Å². The molecule has 0 aliphatic carbocycles. The molecular formula is C32H50O7. The van der Waals surface area contributed by atoms with E-state index in [2.05, 4.69) is 34.3 Å². The molecule has 0 amide bonds. The molecule has 0 bridgehead atoms. The van der Waals surface area contributed by atoms with Gasteiger partial charge >= 0.3 is 5.97 Å².